The summed E-state index contributed by atoms with van der Waals surface area (Å²) in [6, 6.07) is 13.3. The highest BCUT2D eigenvalue weighted by atomic mass is 79.9. The molecule has 3 aromatic rings. The van der Waals surface area contributed by atoms with Gasteiger partial charge in [0.1, 0.15) is 5.82 Å². The summed E-state index contributed by atoms with van der Waals surface area (Å²) >= 11 is 4.65. The number of thioether (sulfide) groups is 1. The average Bonchev–Trinajstić information content (AvgIpc) is 3.01. The Labute approximate surface area is 168 Å². The minimum atomic E-state index is -0.309. The molecule has 0 saturated carbocycles. The average molecular weight is 450 g/mol. The summed E-state index contributed by atoms with van der Waals surface area (Å²) in [4.78, 5) is 12.2. The van der Waals surface area contributed by atoms with Crippen LogP contribution in [0.3, 0.4) is 0 Å². The smallest absolute Gasteiger partial charge is 0.230 e. The number of nitrogens with zero attached hydrogens (tertiary/aromatic N) is 3. The van der Waals surface area contributed by atoms with Crippen molar-refractivity contribution in [2.24, 2.45) is 0 Å². The zero-order valence-corrected chi connectivity index (χ0v) is 16.8. The summed E-state index contributed by atoms with van der Waals surface area (Å²) in [6.07, 6.45) is 0. The van der Waals surface area contributed by atoms with Gasteiger partial charge >= 0.3 is 0 Å². The molecule has 1 heterocycles. The molecule has 2 aromatic carbocycles. The summed E-state index contributed by atoms with van der Waals surface area (Å²) in [5.74, 6) is 6.23. The zero-order valence-electron chi connectivity index (χ0n) is 14.4. The van der Waals surface area contributed by atoms with E-state index in [1.54, 1.807) is 12.1 Å². The Morgan fingerprint density at radius 1 is 1.26 bits per heavy atom. The Hall–Kier alpha value is -2.39. The molecule has 0 bridgehead atoms. The molecule has 140 valence electrons. The first-order chi connectivity index (χ1) is 13.0. The Morgan fingerprint density at radius 2 is 1.96 bits per heavy atom. The Kier molecular flexibility index (Phi) is 6.12. The van der Waals surface area contributed by atoms with Gasteiger partial charge in [-0.2, -0.15) is 0 Å². The van der Waals surface area contributed by atoms with Gasteiger partial charge in [0.2, 0.25) is 11.1 Å². The van der Waals surface area contributed by atoms with Crippen LogP contribution in [0.5, 0.6) is 0 Å². The molecule has 0 unspecified atom stereocenters. The molecule has 6 nitrogen and oxygen atoms in total. The molecule has 3 N–H and O–H groups in total. The summed E-state index contributed by atoms with van der Waals surface area (Å²) in [5, 5.41) is 11.5. The van der Waals surface area contributed by atoms with Crippen LogP contribution in [0.25, 0.3) is 11.4 Å². The van der Waals surface area contributed by atoms with E-state index in [9.17, 15) is 9.18 Å². The highest BCUT2D eigenvalue weighted by molar-refractivity contribution is 9.10. The van der Waals surface area contributed by atoms with Crippen molar-refractivity contribution in [3.05, 3.63) is 64.4 Å². The summed E-state index contributed by atoms with van der Waals surface area (Å²) in [7, 11) is 0. The van der Waals surface area contributed by atoms with Crippen molar-refractivity contribution in [2.45, 2.75) is 18.1 Å². The number of carbonyl (C=O) groups is 1. The normalized spacial score (nSPS) is 12.0. The van der Waals surface area contributed by atoms with Gasteiger partial charge in [0.25, 0.3) is 0 Å². The van der Waals surface area contributed by atoms with Crippen molar-refractivity contribution in [1.82, 2.24) is 20.2 Å². The number of nitrogens with two attached hydrogens (primary N) is 1. The number of nitrogens with one attached hydrogen (secondary N) is 1. The third-order valence-corrected chi connectivity index (χ3v) is 5.49. The molecule has 0 spiro atoms. The van der Waals surface area contributed by atoms with E-state index in [0.717, 1.165) is 15.6 Å². The second-order valence-corrected chi connectivity index (χ2v) is 7.58. The van der Waals surface area contributed by atoms with Crippen molar-refractivity contribution in [2.75, 3.05) is 11.6 Å². The molecule has 1 atom stereocenters. The molecule has 1 aromatic heterocycles. The van der Waals surface area contributed by atoms with Crippen LogP contribution in [-0.2, 0) is 4.79 Å². The number of hydrogen-bond acceptors (Lipinski definition) is 5. The molecular weight excluding hydrogens is 433 g/mol. The lowest BCUT2D eigenvalue weighted by molar-refractivity contribution is -0.119. The third kappa shape index (κ3) is 4.67. The molecule has 27 heavy (non-hydrogen) atoms. The maximum absolute atomic E-state index is 13.0. The highest BCUT2D eigenvalue weighted by Crippen LogP contribution is 2.27. The SMILES string of the molecule is C[C@@H](NC(=O)CSc1nnc(-c2ccccc2Br)n1N)c1ccc(F)cc1. The fourth-order valence-corrected chi connectivity index (χ4v) is 3.58. The molecule has 0 aliphatic carbocycles. The van der Waals surface area contributed by atoms with Crippen molar-refractivity contribution in [3.8, 4) is 11.4 Å². The van der Waals surface area contributed by atoms with Crippen molar-refractivity contribution in [3.63, 3.8) is 0 Å². The van der Waals surface area contributed by atoms with E-state index in [2.05, 4.69) is 31.4 Å². The Balaban J connectivity index is 1.61. The fourth-order valence-electron chi connectivity index (χ4n) is 2.45. The lowest BCUT2D eigenvalue weighted by Crippen LogP contribution is -2.28. The minimum Gasteiger partial charge on any atom is -0.349 e. The first kappa shape index (κ1) is 19.4. The topological polar surface area (TPSA) is 85.8 Å². The standard InChI is InChI=1S/C18H17BrFN5OS/c1-11(12-6-8-13(20)9-7-12)22-16(26)10-27-18-24-23-17(25(18)21)14-4-2-3-5-15(14)19/h2-9,11H,10,21H2,1H3,(H,22,26)/t11-/m1/s1. The highest BCUT2D eigenvalue weighted by Gasteiger charge is 2.16. The second kappa shape index (κ2) is 8.53. The van der Waals surface area contributed by atoms with E-state index in [1.807, 2.05) is 31.2 Å². The number of amides is 1. The predicted octanol–water partition coefficient (Wildman–Crippen LogP) is 3.53. The number of carbonyl (C=O) groups excluding carboxylic acids is 1. The van der Waals surface area contributed by atoms with E-state index in [4.69, 9.17) is 5.84 Å². The van der Waals surface area contributed by atoms with Gasteiger partial charge in [-0.25, -0.2) is 9.07 Å². The molecule has 3 rings (SSSR count). The van der Waals surface area contributed by atoms with Crippen LogP contribution < -0.4 is 11.2 Å². The lowest BCUT2D eigenvalue weighted by Gasteiger charge is -2.14. The van der Waals surface area contributed by atoms with Crippen LogP contribution in [0, 0.1) is 5.82 Å². The largest absolute Gasteiger partial charge is 0.349 e. The molecule has 0 aliphatic heterocycles. The van der Waals surface area contributed by atoms with E-state index in [1.165, 1.54) is 28.6 Å². The van der Waals surface area contributed by atoms with Crippen LogP contribution in [0.2, 0.25) is 0 Å². The first-order valence-electron chi connectivity index (χ1n) is 8.08. The van der Waals surface area contributed by atoms with Crippen LogP contribution in [0.4, 0.5) is 4.39 Å². The predicted molar refractivity (Wildman–Crippen MR) is 107 cm³/mol. The zero-order chi connectivity index (χ0) is 19.4. The van der Waals surface area contributed by atoms with Gasteiger partial charge in [-0.3, -0.25) is 4.79 Å². The van der Waals surface area contributed by atoms with E-state index in [-0.39, 0.29) is 23.5 Å². The molecule has 1 amide bonds. The van der Waals surface area contributed by atoms with Crippen molar-refractivity contribution in [1.29, 1.82) is 0 Å². The van der Waals surface area contributed by atoms with E-state index < -0.39 is 0 Å². The summed E-state index contributed by atoms with van der Waals surface area (Å²) in [5.41, 5.74) is 1.64. The van der Waals surface area contributed by atoms with Gasteiger partial charge < -0.3 is 11.2 Å². The van der Waals surface area contributed by atoms with Gasteiger partial charge in [0, 0.05) is 10.0 Å². The lowest BCUT2D eigenvalue weighted by atomic mass is 10.1. The fraction of sp³-hybridized carbons (Fsp3) is 0.167. The number of rotatable bonds is 6. The number of nitrogen functional groups attached to an aromatic ring is 1. The van der Waals surface area contributed by atoms with Gasteiger partial charge in [-0.05, 0) is 36.8 Å². The summed E-state index contributed by atoms with van der Waals surface area (Å²) in [6.45, 7) is 1.84. The summed E-state index contributed by atoms with van der Waals surface area (Å²) < 4.78 is 15.2. The van der Waals surface area contributed by atoms with Crippen LogP contribution in [0.1, 0.15) is 18.5 Å². The van der Waals surface area contributed by atoms with E-state index >= 15 is 0 Å². The Bertz CT molecular complexity index is 947. The Morgan fingerprint density at radius 3 is 2.67 bits per heavy atom. The number of aromatic nitrogens is 3. The van der Waals surface area contributed by atoms with Crippen LogP contribution in [0.15, 0.2) is 58.2 Å². The van der Waals surface area contributed by atoms with Crippen LogP contribution in [-0.4, -0.2) is 26.5 Å². The molecule has 0 radical (unpaired) electrons. The molecule has 0 saturated heterocycles. The molecule has 0 aliphatic rings. The second-order valence-electron chi connectivity index (χ2n) is 5.79. The third-order valence-electron chi connectivity index (χ3n) is 3.86. The number of halogens is 2. The first-order valence-corrected chi connectivity index (χ1v) is 9.86. The molecule has 0 fully saturated rings. The molecular formula is C18H17BrFN5OS. The monoisotopic (exact) mass is 449 g/mol. The van der Waals surface area contributed by atoms with Crippen LogP contribution >= 0.6 is 27.7 Å². The van der Waals surface area contributed by atoms with Crippen molar-refractivity contribution >= 4 is 33.6 Å². The minimum absolute atomic E-state index is 0.136. The van der Waals surface area contributed by atoms with E-state index in [0.29, 0.717) is 11.0 Å². The maximum Gasteiger partial charge on any atom is 0.230 e. The van der Waals surface area contributed by atoms with Gasteiger partial charge in [-0.15, -0.1) is 10.2 Å². The van der Waals surface area contributed by atoms with Crippen molar-refractivity contribution < 1.29 is 9.18 Å². The van der Waals surface area contributed by atoms with Gasteiger partial charge in [-0.1, -0.05) is 52.0 Å². The number of hydrogen-bond donors (Lipinski definition) is 2. The maximum atomic E-state index is 13.0. The quantitative estimate of drug-likeness (QED) is 0.444. The van der Waals surface area contributed by atoms with Gasteiger partial charge in [0.05, 0.1) is 11.8 Å². The molecule has 9 heteroatoms. The number of benzene rings is 2. The van der Waals surface area contributed by atoms with Gasteiger partial charge in [0.15, 0.2) is 5.82 Å².